The molecule has 0 aliphatic carbocycles. The fourth-order valence-electron chi connectivity index (χ4n) is 2.29. The van der Waals surface area contributed by atoms with Gasteiger partial charge in [0.05, 0.1) is 11.7 Å². The first-order chi connectivity index (χ1) is 10.0. The zero-order chi connectivity index (χ0) is 15.4. The Morgan fingerprint density at radius 1 is 1.38 bits per heavy atom. The number of hydrogen-bond donors (Lipinski definition) is 1. The largest absolute Gasteiger partial charge is 0.344 e. The topological polar surface area (TPSA) is 28.2 Å². The lowest BCUT2D eigenvalue weighted by atomic mass is 10.2. The summed E-state index contributed by atoms with van der Waals surface area (Å²) in [4.78, 5) is 9.79. The van der Waals surface area contributed by atoms with E-state index in [2.05, 4.69) is 62.5 Å². The molecule has 1 N–H and O–H groups in total. The Labute approximate surface area is 136 Å². The number of nitrogens with one attached hydrogen (secondary N) is 1. The minimum atomic E-state index is 0.363. The lowest BCUT2D eigenvalue weighted by Crippen LogP contribution is -2.20. The van der Waals surface area contributed by atoms with Crippen LogP contribution < -0.4 is 10.2 Å². The summed E-state index contributed by atoms with van der Waals surface area (Å²) in [6.45, 7) is 9.82. The standard InChI is InChI=1S/C16H25N3S2/c1-6-9-17-11(2)15-12(3)18-16(21-15)19(5)13(4)14-8-7-10-20-14/h7-8,10-11,13,17H,6,9H2,1-5H3. The SMILES string of the molecule is CCCNC(C)c1sc(N(C)C(C)c2cccs2)nc1C. The third-order valence-corrected chi connectivity index (χ3v) is 6.23. The molecule has 2 aromatic heterocycles. The van der Waals surface area contributed by atoms with Crippen molar-refractivity contribution in [2.45, 2.75) is 46.2 Å². The molecular weight excluding hydrogens is 298 g/mol. The minimum absolute atomic E-state index is 0.363. The second-order valence-corrected chi connectivity index (χ2v) is 7.41. The number of rotatable bonds is 7. The molecule has 116 valence electrons. The van der Waals surface area contributed by atoms with E-state index in [4.69, 9.17) is 4.98 Å². The van der Waals surface area contributed by atoms with Gasteiger partial charge in [-0.05, 0) is 45.2 Å². The zero-order valence-corrected chi connectivity index (χ0v) is 15.1. The number of thiophene rings is 1. The van der Waals surface area contributed by atoms with E-state index in [1.807, 2.05) is 11.3 Å². The van der Waals surface area contributed by atoms with Crippen LogP contribution in [0.2, 0.25) is 0 Å². The molecule has 0 amide bonds. The van der Waals surface area contributed by atoms with Gasteiger partial charge in [-0.25, -0.2) is 4.98 Å². The van der Waals surface area contributed by atoms with Gasteiger partial charge in [0.1, 0.15) is 0 Å². The van der Waals surface area contributed by atoms with Crippen LogP contribution in [0.25, 0.3) is 0 Å². The molecule has 21 heavy (non-hydrogen) atoms. The Morgan fingerprint density at radius 3 is 2.76 bits per heavy atom. The zero-order valence-electron chi connectivity index (χ0n) is 13.5. The van der Waals surface area contributed by atoms with Crippen molar-refractivity contribution in [3.05, 3.63) is 33.0 Å². The maximum absolute atomic E-state index is 4.78. The van der Waals surface area contributed by atoms with Gasteiger partial charge in [-0.1, -0.05) is 13.0 Å². The van der Waals surface area contributed by atoms with Gasteiger partial charge in [-0.15, -0.1) is 22.7 Å². The fourth-order valence-corrected chi connectivity index (χ4v) is 4.25. The summed E-state index contributed by atoms with van der Waals surface area (Å²) in [7, 11) is 2.14. The monoisotopic (exact) mass is 323 g/mol. The van der Waals surface area contributed by atoms with E-state index in [9.17, 15) is 0 Å². The van der Waals surface area contributed by atoms with Gasteiger partial charge in [-0.2, -0.15) is 0 Å². The summed E-state index contributed by atoms with van der Waals surface area (Å²) in [5.41, 5.74) is 1.15. The molecule has 0 spiro atoms. The summed E-state index contributed by atoms with van der Waals surface area (Å²) in [5, 5.41) is 6.79. The lowest BCUT2D eigenvalue weighted by molar-refractivity contribution is 0.575. The number of thiazole rings is 1. The molecule has 0 radical (unpaired) electrons. The van der Waals surface area contributed by atoms with E-state index in [-0.39, 0.29) is 0 Å². The Bertz CT molecular complexity index is 548. The first-order valence-electron chi connectivity index (χ1n) is 7.51. The highest BCUT2D eigenvalue weighted by molar-refractivity contribution is 7.15. The second-order valence-electron chi connectivity index (χ2n) is 5.42. The highest BCUT2D eigenvalue weighted by Gasteiger charge is 2.20. The van der Waals surface area contributed by atoms with Crippen LogP contribution in [0.3, 0.4) is 0 Å². The molecule has 0 saturated heterocycles. The molecule has 0 bridgehead atoms. The van der Waals surface area contributed by atoms with E-state index in [1.165, 1.54) is 9.75 Å². The van der Waals surface area contributed by atoms with Gasteiger partial charge in [-0.3, -0.25) is 0 Å². The molecule has 2 heterocycles. The average molecular weight is 324 g/mol. The minimum Gasteiger partial charge on any atom is -0.344 e. The fraction of sp³-hybridized carbons (Fsp3) is 0.562. The molecule has 2 atom stereocenters. The number of anilines is 1. The van der Waals surface area contributed by atoms with Crippen LogP contribution in [0.1, 0.15) is 54.7 Å². The normalized spacial score (nSPS) is 14.1. The van der Waals surface area contributed by atoms with E-state index in [0.717, 1.165) is 23.8 Å². The van der Waals surface area contributed by atoms with E-state index >= 15 is 0 Å². The predicted octanol–water partition coefficient (Wildman–Crippen LogP) is 4.77. The second kappa shape index (κ2) is 7.38. The van der Waals surface area contributed by atoms with Crippen LogP contribution in [-0.4, -0.2) is 18.6 Å². The molecular formula is C16H25N3S2. The number of aromatic nitrogens is 1. The third kappa shape index (κ3) is 3.84. The van der Waals surface area contributed by atoms with E-state index in [1.54, 1.807) is 11.3 Å². The van der Waals surface area contributed by atoms with Gasteiger partial charge in [0.15, 0.2) is 5.13 Å². The van der Waals surface area contributed by atoms with Gasteiger partial charge in [0, 0.05) is 22.8 Å². The van der Waals surface area contributed by atoms with Crippen LogP contribution in [0, 0.1) is 6.92 Å². The van der Waals surface area contributed by atoms with Crippen molar-refractivity contribution in [3.8, 4) is 0 Å². The van der Waals surface area contributed by atoms with Crippen LogP contribution in [0.15, 0.2) is 17.5 Å². The van der Waals surface area contributed by atoms with Crippen molar-refractivity contribution < 1.29 is 0 Å². The number of aryl methyl sites for hydroxylation is 1. The smallest absolute Gasteiger partial charge is 0.186 e. The van der Waals surface area contributed by atoms with Crippen LogP contribution in [0.5, 0.6) is 0 Å². The van der Waals surface area contributed by atoms with Gasteiger partial charge in [0.2, 0.25) is 0 Å². The van der Waals surface area contributed by atoms with Crippen molar-refractivity contribution in [3.63, 3.8) is 0 Å². The molecule has 2 aromatic rings. The molecule has 0 aromatic carbocycles. The van der Waals surface area contributed by atoms with E-state index in [0.29, 0.717) is 12.1 Å². The molecule has 0 fully saturated rings. The summed E-state index contributed by atoms with van der Waals surface area (Å²) >= 11 is 3.61. The van der Waals surface area contributed by atoms with Gasteiger partial charge >= 0.3 is 0 Å². The Morgan fingerprint density at radius 2 is 2.14 bits per heavy atom. The van der Waals surface area contributed by atoms with Crippen LogP contribution >= 0.6 is 22.7 Å². The highest BCUT2D eigenvalue weighted by Crippen LogP contribution is 2.34. The van der Waals surface area contributed by atoms with Gasteiger partial charge < -0.3 is 10.2 Å². The number of hydrogen-bond acceptors (Lipinski definition) is 5. The third-order valence-electron chi connectivity index (χ3n) is 3.75. The lowest BCUT2D eigenvalue weighted by Gasteiger charge is -2.23. The van der Waals surface area contributed by atoms with Crippen LogP contribution in [-0.2, 0) is 0 Å². The Kier molecular flexibility index (Phi) is 5.79. The van der Waals surface area contributed by atoms with Crippen molar-refractivity contribution >= 4 is 27.8 Å². The average Bonchev–Trinajstić information content (AvgIpc) is 3.12. The maximum atomic E-state index is 4.78. The quantitative estimate of drug-likeness (QED) is 0.795. The summed E-state index contributed by atoms with van der Waals surface area (Å²) in [5.74, 6) is 0. The molecule has 0 aliphatic rings. The van der Waals surface area contributed by atoms with Crippen molar-refractivity contribution in [1.82, 2.24) is 10.3 Å². The molecule has 3 nitrogen and oxygen atoms in total. The van der Waals surface area contributed by atoms with Crippen molar-refractivity contribution in [2.75, 3.05) is 18.5 Å². The summed E-state index contributed by atoms with van der Waals surface area (Å²) < 4.78 is 0. The first kappa shape index (κ1) is 16.5. The highest BCUT2D eigenvalue weighted by atomic mass is 32.1. The van der Waals surface area contributed by atoms with Crippen molar-refractivity contribution in [2.24, 2.45) is 0 Å². The maximum Gasteiger partial charge on any atom is 0.186 e. The first-order valence-corrected chi connectivity index (χ1v) is 9.21. The summed E-state index contributed by atoms with van der Waals surface area (Å²) in [6, 6.07) is 5.04. The van der Waals surface area contributed by atoms with Crippen LogP contribution in [0.4, 0.5) is 5.13 Å². The molecule has 2 unspecified atom stereocenters. The Hall–Kier alpha value is -0.910. The molecule has 5 heteroatoms. The Balaban J connectivity index is 2.14. The summed E-state index contributed by atoms with van der Waals surface area (Å²) in [6.07, 6.45) is 1.16. The molecule has 0 saturated carbocycles. The molecule has 0 aliphatic heterocycles. The van der Waals surface area contributed by atoms with Crippen molar-refractivity contribution in [1.29, 1.82) is 0 Å². The van der Waals surface area contributed by atoms with E-state index < -0.39 is 0 Å². The van der Waals surface area contributed by atoms with Gasteiger partial charge in [0.25, 0.3) is 0 Å². The molecule has 2 rings (SSSR count). The predicted molar refractivity (Wildman–Crippen MR) is 94.7 cm³/mol. The number of nitrogens with zero attached hydrogens (tertiary/aromatic N) is 2.